The fourth-order valence-corrected chi connectivity index (χ4v) is 4.71. The van der Waals surface area contributed by atoms with Crippen LogP contribution in [-0.4, -0.2) is 30.5 Å². The second-order valence-electron chi connectivity index (χ2n) is 8.67. The third-order valence-corrected chi connectivity index (χ3v) is 6.45. The first kappa shape index (κ1) is 21.3. The summed E-state index contributed by atoms with van der Waals surface area (Å²) >= 11 is 0. The van der Waals surface area contributed by atoms with Crippen LogP contribution in [0.3, 0.4) is 0 Å². The fourth-order valence-electron chi connectivity index (χ4n) is 4.71. The molecule has 0 bridgehead atoms. The molecule has 4 heterocycles. The zero-order valence-corrected chi connectivity index (χ0v) is 18.7. The van der Waals surface area contributed by atoms with Crippen molar-refractivity contribution in [3.8, 4) is 0 Å². The molecule has 0 spiro atoms. The lowest BCUT2D eigenvalue weighted by atomic mass is 9.98. The van der Waals surface area contributed by atoms with Crippen molar-refractivity contribution in [2.24, 2.45) is 7.05 Å². The molecule has 33 heavy (non-hydrogen) atoms. The van der Waals surface area contributed by atoms with E-state index in [9.17, 15) is 9.59 Å². The van der Waals surface area contributed by atoms with E-state index >= 15 is 0 Å². The minimum Gasteiger partial charge on any atom is -0.290 e. The van der Waals surface area contributed by atoms with Gasteiger partial charge in [0.1, 0.15) is 5.65 Å². The van der Waals surface area contributed by atoms with E-state index in [1.54, 1.807) is 10.8 Å². The van der Waals surface area contributed by atoms with E-state index in [-0.39, 0.29) is 17.3 Å². The van der Waals surface area contributed by atoms with Gasteiger partial charge in [-0.2, -0.15) is 0 Å². The van der Waals surface area contributed by atoms with Crippen LogP contribution < -0.4 is 11.2 Å². The smallest absolute Gasteiger partial charge is 0.290 e. The molecule has 1 unspecified atom stereocenters. The van der Waals surface area contributed by atoms with E-state index in [4.69, 9.17) is 4.98 Å². The summed E-state index contributed by atoms with van der Waals surface area (Å²) in [6, 6.07) is 17.8. The molecule has 1 aromatic carbocycles. The predicted octanol–water partition coefficient (Wildman–Crippen LogP) is 3.27. The normalized spacial score (nSPS) is 16.8. The maximum atomic E-state index is 13.1. The van der Waals surface area contributed by atoms with Gasteiger partial charge in [0.05, 0.1) is 23.7 Å². The summed E-state index contributed by atoms with van der Waals surface area (Å²) in [5, 5.41) is 0.464. The molecule has 168 valence electrons. The zero-order chi connectivity index (χ0) is 22.8. The Bertz CT molecular complexity index is 1380. The van der Waals surface area contributed by atoms with Gasteiger partial charge in [-0.15, -0.1) is 0 Å². The quantitative estimate of drug-likeness (QED) is 0.475. The van der Waals surface area contributed by atoms with Crippen LogP contribution in [0.1, 0.15) is 42.1 Å². The second kappa shape index (κ2) is 9.11. The lowest BCUT2D eigenvalue weighted by Crippen LogP contribution is -2.39. The van der Waals surface area contributed by atoms with Crippen molar-refractivity contribution in [3.05, 3.63) is 105 Å². The van der Waals surface area contributed by atoms with E-state index in [2.05, 4.69) is 16.0 Å². The molecule has 7 heteroatoms. The van der Waals surface area contributed by atoms with Crippen LogP contribution in [0.15, 0.2) is 76.6 Å². The van der Waals surface area contributed by atoms with Gasteiger partial charge < -0.3 is 0 Å². The maximum Gasteiger partial charge on any atom is 0.332 e. The largest absolute Gasteiger partial charge is 0.332 e. The maximum absolute atomic E-state index is 13.1. The molecule has 1 fully saturated rings. The molecule has 1 aliphatic heterocycles. The number of fused-ring (bicyclic) bond motifs is 1. The average molecular weight is 442 g/mol. The molecule has 3 aromatic heterocycles. The molecular formula is C26H27N5O2. The first-order chi connectivity index (χ1) is 16.1. The predicted molar refractivity (Wildman–Crippen MR) is 128 cm³/mol. The molecule has 0 aliphatic carbocycles. The molecular weight excluding hydrogens is 414 g/mol. The van der Waals surface area contributed by atoms with E-state index < -0.39 is 0 Å². The highest BCUT2D eigenvalue weighted by atomic mass is 16.2. The summed E-state index contributed by atoms with van der Waals surface area (Å²) in [7, 11) is 1.52. The lowest BCUT2D eigenvalue weighted by molar-refractivity contribution is 0.137. The standard InChI is InChI=1S/C26H27N5O2/c1-29-25(32)21-12-13-22(23-11-5-6-15-30(23)17-20-10-7-14-27-16-20)28-24(21)31(26(29)33)18-19-8-3-2-4-9-19/h2-4,7-10,12-14,16,23H,5-6,11,15,17-18H2,1H3. The molecule has 5 rings (SSSR count). The van der Waals surface area contributed by atoms with Gasteiger partial charge in [-0.1, -0.05) is 42.8 Å². The van der Waals surface area contributed by atoms with Gasteiger partial charge in [0, 0.05) is 26.0 Å². The molecule has 0 amide bonds. The van der Waals surface area contributed by atoms with Crippen LogP contribution in [0.4, 0.5) is 0 Å². The summed E-state index contributed by atoms with van der Waals surface area (Å²) in [5.74, 6) is 0. The number of hydrogen-bond donors (Lipinski definition) is 0. The van der Waals surface area contributed by atoms with Crippen molar-refractivity contribution in [2.45, 2.75) is 38.4 Å². The average Bonchev–Trinajstić information content (AvgIpc) is 2.86. The van der Waals surface area contributed by atoms with Gasteiger partial charge in [-0.25, -0.2) is 9.78 Å². The Morgan fingerprint density at radius 2 is 1.76 bits per heavy atom. The SMILES string of the molecule is Cn1c(=O)c2ccc(C3CCCCN3Cc3cccnc3)nc2n(Cc2ccccc2)c1=O. The molecule has 1 saturated heterocycles. The van der Waals surface area contributed by atoms with Crippen LogP contribution in [-0.2, 0) is 20.1 Å². The number of pyridine rings is 2. The van der Waals surface area contributed by atoms with Crippen molar-refractivity contribution >= 4 is 11.0 Å². The van der Waals surface area contributed by atoms with Gasteiger partial charge in [-0.05, 0) is 48.7 Å². The molecule has 0 saturated carbocycles. The third-order valence-electron chi connectivity index (χ3n) is 6.45. The molecule has 0 radical (unpaired) electrons. The molecule has 1 atom stereocenters. The number of benzene rings is 1. The Kier molecular flexibility index (Phi) is 5.88. The lowest BCUT2D eigenvalue weighted by Gasteiger charge is -2.35. The highest BCUT2D eigenvalue weighted by Crippen LogP contribution is 2.31. The van der Waals surface area contributed by atoms with Gasteiger partial charge in [0.25, 0.3) is 5.56 Å². The van der Waals surface area contributed by atoms with Crippen LogP contribution in [0.5, 0.6) is 0 Å². The Morgan fingerprint density at radius 3 is 2.55 bits per heavy atom. The molecule has 7 nitrogen and oxygen atoms in total. The summed E-state index contributed by atoms with van der Waals surface area (Å²) < 4.78 is 2.78. The first-order valence-electron chi connectivity index (χ1n) is 11.4. The molecule has 0 N–H and O–H groups in total. The Hall–Kier alpha value is -3.58. The summed E-state index contributed by atoms with van der Waals surface area (Å²) in [4.78, 5) is 37.5. The number of hydrogen-bond acceptors (Lipinski definition) is 5. The monoisotopic (exact) mass is 441 g/mol. The second-order valence-corrected chi connectivity index (χ2v) is 8.67. The highest BCUT2D eigenvalue weighted by molar-refractivity contribution is 5.74. The van der Waals surface area contributed by atoms with E-state index in [1.807, 2.05) is 54.7 Å². The van der Waals surface area contributed by atoms with Gasteiger partial charge in [0.2, 0.25) is 0 Å². The molecule has 1 aliphatic rings. The fraction of sp³-hybridized carbons (Fsp3) is 0.308. The minimum absolute atomic E-state index is 0.132. The van der Waals surface area contributed by atoms with Crippen molar-refractivity contribution in [2.75, 3.05) is 6.54 Å². The highest BCUT2D eigenvalue weighted by Gasteiger charge is 2.26. The Balaban J connectivity index is 1.59. The number of likely N-dealkylation sites (tertiary alicyclic amines) is 1. The summed E-state index contributed by atoms with van der Waals surface area (Å²) in [5.41, 5.74) is 2.85. The van der Waals surface area contributed by atoms with Crippen LogP contribution in [0.2, 0.25) is 0 Å². The third kappa shape index (κ3) is 4.24. The van der Waals surface area contributed by atoms with Crippen LogP contribution in [0.25, 0.3) is 11.0 Å². The Labute approximate surface area is 192 Å². The van der Waals surface area contributed by atoms with E-state index in [1.165, 1.54) is 17.2 Å². The number of nitrogens with zero attached hydrogens (tertiary/aromatic N) is 5. The van der Waals surface area contributed by atoms with Crippen molar-refractivity contribution in [3.63, 3.8) is 0 Å². The van der Waals surface area contributed by atoms with Crippen molar-refractivity contribution in [1.29, 1.82) is 0 Å². The van der Waals surface area contributed by atoms with Crippen LogP contribution in [0, 0.1) is 0 Å². The summed E-state index contributed by atoms with van der Waals surface area (Å²) in [6.45, 7) is 2.14. The van der Waals surface area contributed by atoms with E-state index in [0.29, 0.717) is 17.6 Å². The van der Waals surface area contributed by atoms with Crippen molar-refractivity contribution < 1.29 is 0 Å². The topological polar surface area (TPSA) is 73.0 Å². The number of rotatable bonds is 5. The number of aromatic nitrogens is 4. The van der Waals surface area contributed by atoms with Gasteiger partial charge in [0.15, 0.2) is 0 Å². The zero-order valence-electron chi connectivity index (χ0n) is 18.7. The van der Waals surface area contributed by atoms with E-state index in [0.717, 1.165) is 43.6 Å². The Morgan fingerprint density at radius 1 is 0.939 bits per heavy atom. The van der Waals surface area contributed by atoms with Crippen LogP contribution >= 0.6 is 0 Å². The van der Waals surface area contributed by atoms with Gasteiger partial charge in [-0.3, -0.25) is 23.8 Å². The van der Waals surface area contributed by atoms with Gasteiger partial charge >= 0.3 is 5.69 Å². The van der Waals surface area contributed by atoms with Crippen molar-refractivity contribution in [1.82, 2.24) is 24.0 Å². The summed E-state index contributed by atoms with van der Waals surface area (Å²) in [6.07, 6.45) is 6.95. The number of piperidine rings is 1. The minimum atomic E-state index is -0.350. The first-order valence-corrected chi connectivity index (χ1v) is 11.4. The molecule has 4 aromatic rings.